The molecule has 0 spiro atoms. The SMILES string of the molecule is CCOc1ccc(C(=O)N2CCC(c3cc(C(N)=O)n[nH]3)CC2)cc1OCC. The molecule has 1 saturated heterocycles. The first-order chi connectivity index (χ1) is 13.5. The van der Waals surface area contributed by atoms with Crippen molar-refractivity contribution in [2.45, 2.75) is 32.6 Å². The van der Waals surface area contributed by atoms with E-state index in [1.807, 2.05) is 18.7 Å². The van der Waals surface area contributed by atoms with Crippen molar-refractivity contribution >= 4 is 11.8 Å². The Kier molecular flexibility index (Phi) is 6.18. The third-order valence-electron chi connectivity index (χ3n) is 4.86. The number of hydrogen-bond acceptors (Lipinski definition) is 5. The number of nitrogens with one attached hydrogen (secondary N) is 1. The van der Waals surface area contributed by atoms with E-state index < -0.39 is 5.91 Å². The number of H-pyrrole nitrogens is 1. The molecule has 150 valence electrons. The number of hydrogen-bond donors (Lipinski definition) is 2. The highest BCUT2D eigenvalue weighted by Gasteiger charge is 2.26. The number of benzene rings is 1. The van der Waals surface area contributed by atoms with Gasteiger partial charge >= 0.3 is 0 Å². The summed E-state index contributed by atoms with van der Waals surface area (Å²) in [4.78, 5) is 26.0. The maximum Gasteiger partial charge on any atom is 0.269 e. The van der Waals surface area contributed by atoms with Crippen LogP contribution in [0.15, 0.2) is 24.3 Å². The van der Waals surface area contributed by atoms with Crippen LogP contribution in [-0.4, -0.2) is 53.2 Å². The number of rotatable bonds is 7. The van der Waals surface area contributed by atoms with Crippen molar-refractivity contribution < 1.29 is 19.1 Å². The Balaban J connectivity index is 1.66. The molecule has 8 heteroatoms. The van der Waals surface area contributed by atoms with E-state index in [9.17, 15) is 9.59 Å². The summed E-state index contributed by atoms with van der Waals surface area (Å²) < 4.78 is 11.2. The zero-order chi connectivity index (χ0) is 20.1. The Hall–Kier alpha value is -3.03. The van der Waals surface area contributed by atoms with Crippen LogP contribution in [0.2, 0.25) is 0 Å². The molecule has 0 radical (unpaired) electrons. The molecular formula is C20H26N4O4. The molecular weight excluding hydrogens is 360 g/mol. The van der Waals surface area contributed by atoms with E-state index in [4.69, 9.17) is 15.2 Å². The summed E-state index contributed by atoms with van der Waals surface area (Å²) in [6.45, 7) is 6.10. The van der Waals surface area contributed by atoms with Gasteiger partial charge in [-0.2, -0.15) is 5.10 Å². The molecule has 1 aromatic carbocycles. The van der Waals surface area contributed by atoms with Gasteiger partial charge in [-0.3, -0.25) is 14.7 Å². The zero-order valence-corrected chi connectivity index (χ0v) is 16.2. The van der Waals surface area contributed by atoms with Crippen molar-refractivity contribution in [1.82, 2.24) is 15.1 Å². The molecule has 0 bridgehead atoms. The van der Waals surface area contributed by atoms with Gasteiger partial charge in [0.15, 0.2) is 11.5 Å². The van der Waals surface area contributed by atoms with Gasteiger partial charge in [-0.05, 0) is 51.0 Å². The van der Waals surface area contributed by atoms with Gasteiger partial charge in [-0.15, -0.1) is 0 Å². The molecule has 0 unspecified atom stereocenters. The van der Waals surface area contributed by atoms with Gasteiger partial charge in [-0.1, -0.05) is 0 Å². The van der Waals surface area contributed by atoms with Crippen molar-refractivity contribution in [3.05, 3.63) is 41.2 Å². The van der Waals surface area contributed by atoms with Gasteiger partial charge in [0.2, 0.25) is 0 Å². The number of primary amides is 1. The molecule has 8 nitrogen and oxygen atoms in total. The van der Waals surface area contributed by atoms with Crippen LogP contribution < -0.4 is 15.2 Å². The lowest BCUT2D eigenvalue weighted by Gasteiger charge is -2.31. The van der Waals surface area contributed by atoms with E-state index in [1.165, 1.54) is 0 Å². The van der Waals surface area contributed by atoms with E-state index in [2.05, 4.69) is 10.2 Å². The molecule has 0 atom stereocenters. The average Bonchev–Trinajstić information content (AvgIpc) is 3.20. The summed E-state index contributed by atoms with van der Waals surface area (Å²) in [7, 11) is 0. The quantitative estimate of drug-likeness (QED) is 0.759. The molecule has 1 fully saturated rings. The second kappa shape index (κ2) is 8.77. The smallest absolute Gasteiger partial charge is 0.269 e. The van der Waals surface area contributed by atoms with E-state index in [-0.39, 0.29) is 17.5 Å². The fraction of sp³-hybridized carbons (Fsp3) is 0.450. The average molecular weight is 386 g/mol. The number of carbonyl (C=O) groups excluding carboxylic acids is 2. The number of aromatic nitrogens is 2. The normalized spacial score (nSPS) is 14.7. The van der Waals surface area contributed by atoms with Crippen molar-refractivity contribution in [2.24, 2.45) is 5.73 Å². The number of ether oxygens (including phenoxy) is 2. The van der Waals surface area contributed by atoms with Crippen LogP contribution in [0.1, 0.15) is 59.1 Å². The minimum Gasteiger partial charge on any atom is -0.490 e. The van der Waals surface area contributed by atoms with Gasteiger partial charge in [0.05, 0.1) is 13.2 Å². The highest BCUT2D eigenvalue weighted by molar-refractivity contribution is 5.95. The van der Waals surface area contributed by atoms with E-state index >= 15 is 0 Å². The summed E-state index contributed by atoms with van der Waals surface area (Å²) in [5.41, 5.74) is 6.97. The minimum absolute atomic E-state index is 0.0233. The Morgan fingerprint density at radius 1 is 1.14 bits per heavy atom. The first kappa shape index (κ1) is 19.7. The summed E-state index contributed by atoms with van der Waals surface area (Å²) in [6, 6.07) is 7.00. The van der Waals surface area contributed by atoms with E-state index in [1.54, 1.807) is 24.3 Å². The molecule has 3 N–H and O–H groups in total. The lowest BCUT2D eigenvalue weighted by Crippen LogP contribution is -2.38. The second-order valence-corrected chi connectivity index (χ2v) is 6.67. The monoisotopic (exact) mass is 386 g/mol. The van der Waals surface area contributed by atoms with Crippen LogP contribution in [0.3, 0.4) is 0 Å². The van der Waals surface area contributed by atoms with Crippen molar-refractivity contribution in [3.63, 3.8) is 0 Å². The fourth-order valence-electron chi connectivity index (χ4n) is 3.43. The topological polar surface area (TPSA) is 111 Å². The van der Waals surface area contributed by atoms with Crippen molar-refractivity contribution in [1.29, 1.82) is 0 Å². The summed E-state index contributed by atoms with van der Waals surface area (Å²) in [6.07, 6.45) is 1.59. The van der Waals surface area contributed by atoms with Crippen LogP contribution >= 0.6 is 0 Å². The molecule has 2 heterocycles. The van der Waals surface area contributed by atoms with Gasteiger partial charge < -0.3 is 20.1 Å². The highest BCUT2D eigenvalue weighted by atomic mass is 16.5. The molecule has 1 aliphatic heterocycles. The number of likely N-dealkylation sites (tertiary alicyclic amines) is 1. The standard InChI is InChI=1S/C20H26N4O4/c1-3-27-17-6-5-14(11-18(17)28-4-2)20(26)24-9-7-13(8-10-24)15-12-16(19(21)25)23-22-15/h5-6,11-13H,3-4,7-10H2,1-2H3,(H2,21,25)(H,22,23). The fourth-order valence-corrected chi connectivity index (χ4v) is 3.43. The van der Waals surface area contributed by atoms with Gasteiger partial charge in [-0.25, -0.2) is 0 Å². The third-order valence-corrected chi connectivity index (χ3v) is 4.86. The summed E-state index contributed by atoms with van der Waals surface area (Å²) in [5, 5.41) is 6.82. The number of piperidine rings is 1. The number of amides is 2. The van der Waals surface area contributed by atoms with Crippen LogP contribution in [0.4, 0.5) is 0 Å². The Morgan fingerprint density at radius 3 is 2.43 bits per heavy atom. The lowest BCUT2D eigenvalue weighted by atomic mass is 9.93. The van der Waals surface area contributed by atoms with Crippen molar-refractivity contribution in [2.75, 3.05) is 26.3 Å². The Morgan fingerprint density at radius 2 is 1.82 bits per heavy atom. The van der Waals surface area contributed by atoms with E-state index in [0.29, 0.717) is 43.4 Å². The number of carbonyl (C=O) groups is 2. The molecule has 2 aromatic rings. The van der Waals surface area contributed by atoms with Crippen LogP contribution in [-0.2, 0) is 0 Å². The minimum atomic E-state index is -0.546. The first-order valence-corrected chi connectivity index (χ1v) is 9.57. The van der Waals surface area contributed by atoms with Crippen LogP contribution in [0.25, 0.3) is 0 Å². The largest absolute Gasteiger partial charge is 0.490 e. The second-order valence-electron chi connectivity index (χ2n) is 6.67. The van der Waals surface area contributed by atoms with Crippen LogP contribution in [0, 0.1) is 0 Å². The van der Waals surface area contributed by atoms with Gasteiger partial charge in [0.25, 0.3) is 11.8 Å². The highest BCUT2D eigenvalue weighted by Crippen LogP contribution is 2.31. The van der Waals surface area contributed by atoms with Gasteiger partial charge in [0, 0.05) is 30.3 Å². The third kappa shape index (κ3) is 4.27. The van der Waals surface area contributed by atoms with Crippen molar-refractivity contribution in [3.8, 4) is 11.5 Å². The molecule has 0 saturated carbocycles. The van der Waals surface area contributed by atoms with E-state index in [0.717, 1.165) is 18.5 Å². The predicted molar refractivity (Wildman–Crippen MR) is 104 cm³/mol. The molecule has 1 aromatic heterocycles. The summed E-state index contributed by atoms with van der Waals surface area (Å²) >= 11 is 0. The maximum atomic E-state index is 12.9. The molecule has 3 rings (SSSR count). The molecule has 2 amide bonds. The maximum absolute atomic E-state index is 12.9. The van der Waals surface area contributed by atoms with Gasteiger partial charge in [0.1, 0.15) is 5.69 Å². The Labute approximate surface area is 164 Å². The lowest BCUT2D eigenvalue weighted by molar-refractivity contribution is 0.0711. The summed E-state index contributed by atoms with van der Waals surface area (Å²) in [5.74, 6) is 0.884. The predicted octanol–water partition coefficient (Wildman–Crippen LogP) is 2.33. The van der Waals surface area contributed by atoms with Crippen LogP contribution in [0.5, 0.6) is 11.5 Å². The number of aromatic amines is 1. The number of nitrogens with two attached hydrogens (primary N) is 1. The first-order valence-electron chi connectivity index (χ1n) is 9.57. The molecule has 0 aliphatic carbocycles. The molecule has 1 aliphatic rings. The number of nitrogens with zero attached hydrogens (tertiary/aromatic N) is 2. The molecule has 28 heavy (non-hydrogen) atoms. The zero-order valence-electron chi connectivity index (χ0n) is 16.2. The Bertz CT molecular complexity index is 840.